The molecule has 10 heteroatoms. The molecule has 0 amide bonds. The number of sulfonamides is 1. The van der Waals surface area contributed by atoms with E-state index in [1.54, 1.807) is 24.3 Å². The summed E-state index contributed by atoms with van der Waals surface area (Å²) in [4.78, 5) is 15.1. The second-order valence-corrected chi connectivity index (χ2v) is 8.41. The number of fused-ring (bicyclic) bond motifs is 1. The lowest BCUT2D eigenvalue weighted by Crippen LogP contribution is -2.22. The number of imidazole rings is 1. The molecule has 0 saturated carbocycles. The Hall–Kier alpha value is -2.98. The topological polar surface area (TPSA) is 108 Å². The van der Waals surface area contributed by atoms with E-state index < -0.39 is 14.9 Å². The van der Waals surface area contributed by atoms with Crippen molar-refractivity contribution in [2.45, 2.75) is 25.0 Å². The Morgan fingerprint density at radius 2 is 1.96 bits per heavy atom. The highest BCUT2D eigenvalue weighted by atomic mass is 32.2. The van der Waals surface area contributed by atoms with E-state index >= 15 is 0 Å². The average Bonchev–Trinajstić information content (AvgIpc) is 3.03. The SMILES string of the molecule is CCn1c(COc2cccc([N+](=O)[O-])c2)nc2cc(S(=O)(=O)N(C)C)ccc21. The van der Waals surface area contributed by atoms with Crippen molar-refractivity contribution in [3.8, 4) is 5.75 Å². The van der Waals surface area contributed by atoms with Crippen molar-refractivity contribution in [1.82, 2.24) is 13.9 Å². The van der Waals surface area contributed by atoms with Crippen molar-refractivity contribution >= 4 is 26.7 Å². The molecule has 0 aliphatic heterocycles. The number of nitrogens with zero attached hydrogens (tertiary/aromatic N) is 4. The molecular formula is C18H20N4O5S. The molecule has 148 valence electrons. The Balaban J connectivity index is 1.93. The summed E-state index contributed by atoms with van der Waals surface area (Å²) in [7, 11) is -0.608. The van der Waals surface area contributed by atoms with Gasteiger partial charge in [0.05, 0.1) is 26.9 Å². The van der Waals surface area contributed by atoms with E-state index in [1.165, 1.54) is 32.3 Å². The molecule has 9 nitrogen and oxygen atoms in total. The van der Waals surface area contributed by atoms with Crippen LogP contribution in [-0.4, -0.2) is 41.3 Å². The Bertz CT molecular complexity index is 1140. The standard InChI is InChI=1S/C18H20N4O5S/c1-4-21-17-9-8-15(28(25,26)20(2)3)11-16(17)19-18(21)12-27-14-7-5-6-13(10-14)22(23)24/h5-11H,4,12H2,1-3H3. The third-order valence-electron chi connectivity index (χ3n) is 4.29. The molecule has 1 heterocycles. The van der Waals surface area contributed by atoms with Gasteiger partial charge < -0.3 is 9.30 Å². The van der Waals surface area contributed by atoms with Crippen LogP contribution in [0.15, 0.2) is 47.4 Å². The molecule has 28 heavy (non-hydrogen) atoms. The van der Waals surface area contributed by atoms with Crippen LogP contribution >= 0.6 is 0 Å². The first kappa shape index (κ1) is 19.8. The molecule has 1 aromatic heterocycles. The number of non-ortho nitro benzene ring substituents is 1. The summed E-state index contributed by atoms with van der Waals surface area (Å²) in [5.74, 6) is 0.961. The number of hydrogen-bond donors (Lipinski definition) is 0. The van der Waals surface area contributed by atoms with Gasteiger partial charge in [-0.15, -0.1) is 0 Å². The maximum absolute atomic E-state index is 12.3. The zero-order valence-electron chi connectivity index (χ0n) is 15.7. The van der Waals surface area contributed by atoms with E-state index in [1.807, 2.05) is 11.5 Å². The second-order valence-electron chi connectivity index (χ2n) is 6.25. The monoisotopic (exact) mass is 404 g/mol. The number of nitro benzene ring substituents is 1. The van der Waals surface area contributed by atoms with Crippen molar-refractivity contribution < 1.29 is 18.1 Å². The van der Waals surface area contributed by atoms with Gasteiger partial charge in [0.15, 0.2) is 0 Å². The average molecular weight is 404 g/mol. The van der Waals surface area contributed by atoms with Crippen molar-refractivity contribution in [2.75, 3.05) is 14.1 Å². The first-order valence-corrected chi connectivity index (χ1v) is 9.97. The number of hydrogen-bond acceptors (Lipinski definition) is 6. The molecule has 3 aromatic rings. The van der Waals surface area contributed by atoms with Gasteiger partial charge in [-0.2, -0.15) is 0 Å². The molecular weight excluding hydrogens is 384 g/mol. The summed E-state index contributed by atoms with van der Waals surface area (Å²) >= 11 is 0. The molecule has 2 aromatic carbocycles. The fourth-order valence-corrected chi connectivity index (χ4v) is 3.75. The lowest BCUT2D eigenvalue weighted by Gasteiger charge is -2.11. The van der Waals surface area contributed by atoms with Crippen LogP contribution in [0.1, 0.15) is 12.7 Å². The number of aryl methyl sites for hydroxylation is 1. The second kappa shape index (κ2) is 7.56. The van der Waals surface area contributed by atoms with E-state index in [4.69, 9.17) is 4.74 Å². The largest absolute Gasteiger partial charge is 0.485 e. The molecule has 0 aliphatic carbocycles. The molecule has 0 unspecified atom stereocenters. The molecule has 0 atom stereocenters. The minimum absolute atomic E-state index is 0.0555. The van der Waals surface area contributed by atoms with Gasteiger partial charge in [0, 0.05) is 26.7 Å². The lowest BCUT2D eigenvalue weighted by molar-refractivity contribution is -0.384. The van der Waals surface area contributed by atoms with E-state index in [-0.39, 0.29) is 17.2 Å². The molecule has 3 rings (SSSR count). The first-order chi connectivity index (χ1) is 13.2. The smallest absolute Gasteiger partial charge is 0.273 e. The Labute approximate surface area is 162 Å². The predicted molar refractivity (Wildman–Crippen MR) is 104 cm³/mol. The van der Waals surface area contributed by atoms with E-state index in [2.05, 4.69) is 4.98 Å². The maximum Gasteiger partial charge on any atom is 0.273 e. The van der Waals surface area contributed by atoms with Crippen molar-refractivity contribution in [1.29, 1.82) is 0 Å². The summed E-state index contributed by atoms with van der Waals surface area (Å²) < 4.78 is 33.4. The molecule has 0 N–H and O–H groups in total. The zero-order chi connectivity index (χ0) is 20.5. The fourth-order valence-electron chi connectivity index (χ4n) is 2.83. The summed E-state index contributed by atoms with van der Waals surface area (Å²) in [6, 6.07) is 10.7. The Kier molecular flexibility index (Phi) is 5.34. The van der Waals surface area contributed by atoms with Gasteiger partial charge in [0.25, 0.3) is 5.69 Å². The van der Waals surface area contributed by atoms with Crippen molar-refractivity contribution in [2.24, 2.45) is 0 Å². The minimum Gasteiger partial charge on any atom is -0.485 e. The molecule has 0 saturated heterocycles. The third kappa shape index (κ3) is 3.69. The van der Waals surface area contributed by atoms with Gasteiger partial charge in [-0.3, -0.25) is 10.1 Å². The van der Waals surface area contributed by atoms with Crippen LogP contribution in [0.3, 0.4) is 0 Å². The van der Waals surface area contributed by atoms with Gasteiger partial charge >= 0.3 is 0 Å². The van der Waals surface area contributed by atoms with Crippen LogP contribution in [-0.2, 0) is 23.2 Å². The number of rotatable bonds is 7. The fraction of sp³-hybridized carbons (Fsp3) is 0.278. The van der Waals surface area contributed by atoms with Crippen LogP contribution in [0.25, 0.3) is 11.0 Å². The van der Waals surface area contributed by atoms with Crippen LogP contribution in [0.4, 0.5) is 5.69 Å². The van der Waals surface area contributed by atoms with Crippen molar-refractivity contribution in [3.63, 3.8) is 0 Å². The third-order valence-corrected chi connectivity index (χ3v) is 6.10. The number of nitro groups is 1. The lowest BCUT2D eigenvalue weighted by atomic mass is 10.3. The van der Waals surface area contributed by atoms with E-state index in [9.17, 15) is 18.5 Å². The normalized spacial score (nSPS) is 11.9. The highest BCUT2D eigenvalue weighted by Gasteiger charge is 2.19. The van der Waals surface area contributed by atoms with Gasteiger partial charge in [-0.05, 0) is 31.2 Å². The van der Waals surface area contributed by atoms with Crippen LogP contribution in [0, 0.1) is 10.1 Å². The Morgan fingerprint density at radius 1 is 1.21 bits per heavy atom. The van der Waals surface area contributed by atoms with Crippen LogP contribution < -0.4 is 4.74 Å². The minimum atomic E-state index is -3.56. The summed E-state index contributed by atoms with van der Waals surface area (Å²) in [6.45, 7) is 2.66. The number of benzene rings is 2. The summed E-state index contributed by atoms with van der Waals surface area (Å²) in [5, 5.41) is 10.9. The highest BCUT2D eigenvalue weighted by Crippen LogP contribution is 2.24. The zero-order valence-corrected chi connectivity index (χ0v) is 16.5. The highest BCUT2D eigenvalue weighted by molar-refractivity contribution is 7.89. The number of ether oxygens (including phenoxy) is 1. The maximum atomic E-state index is 12.3. The number of aromatic nitrogens is 2. The van der Waals surface area contributed by atoms with Gasteiger partial charge in [-0.25, -0.2) is 17.7 Å². The van der Waals surface area contributed by atoms with Gasteiger partial charge in [-0.1, -0.05) is 6.07 Å². The predicted octanol–water partition coefficient (Wildman–Crippen LogP) is 2.79. The van der Waals surface area contributed by atoms with Gasteiger partial charge in [0.2, 0.25) is 10.0 Å². The molecule has 0 bridgehead atoms. The van der Waals surface area contributed by atoms with Gasteiger partial charge in [0.1, 0.15) is 18.2 Å². The van der Waals surface area contributed by atoms with E-state index in [0.717, 1.165) is 9.82 Å². The van der Waals surface area contributed by atoms with Crippen LogP contribution in [0.5, 0.6) is 5.75 Å². The summed E-state index contributed by atoms with van der Waals surface area (Å²) in [6.07, 6.45) is 0. The van der Waals surface area contributed by atoms with E-state index in [0.29, 0.717) is 23.6 Å². The molecule has 0 aliphatic rings. The first-order valence-electron chi connectivity index (χ1n) is 8.53. The summed E-state index contributed by atoms with van der Waals surface area (Å²) in [5.41, 5.74) is 1.28. The molecule has 0 radical (unpaired) electrons. The molecule has 0 spiro atoms. The van der Waals surface area contributed by atoms with Crippen molar-refractivity contribution in [3.05, 3.63) is 58.4 Å². The van der Waals surface area contributed by atoms with Crippen LogP contribution in [0.2, 0.25) is 0 Å². The Morgan fingerprint density at radius 3 is 2.61 bits per heavy atom. The quantitative estimate of drug-likeness (QED) is 0.443. The molecule has 0 fully saturated rings.